The van der Waals surface area contributed by atoms with E-state index in [4.69, 9.17) is 21.8 Å². The maximum absolute atomic E-state index is 6.12. The quantitative estimate of drug-likeness (QED) is 0.671. The highest BCUT2D eigenvalue weighted by Gasteiger charge is 2.13. The minimum Gasteiger partial charge on any atom is -0.434 e. The molecule has 0 fully saturated rings. The Morgan fingerprint density at radius 2 is 2.00 bits per heavy atom. The molecule has 3 nitrogen and oxygen atoms in total. The van der Waals surface area contributed by atoms with Crippen molar-refractivity contribution in [3.63, 3.8) is 0 Å². The number of fused-ring (bicyclic) bond motifs is 1. The fourth-order valence-corrected chi connectivity index (χ4v) is 2.45. The molecule has 0 saturated heterocycles. The first-order valence-corrected chi connectivity index (χ1v) is 6.43. The van der Waals surface area contributed by atoms with Crippen molar-refractivity contribution in [3.8, 4) is 11.5 Å². The second-order valence-electron chi connectivity index (χ2n) is 3.84. The van der Waals surface area contributed by atoms with Crippen LogP contribution >= 0.6 is 27.5 Å². The van der Waals surface area contributed by atoms with Gasteiger partial charge in [-0.15, -0.1) is 0 Å². The van der Waals surface area contributed by atoms with Gasteiger partial charge in [-0.1, -0.05) is 39.7 Å². The van der Waals surface area contributed by atoms with Crippen molar-refractivity contribution in [2.45, 2.75) is 0 Å². The fraction of sp³-hybridized carbons (Fsp3) is 0. The predicted octanol–water partition coefficient (Wildman–Crippen LogP) is 4.49. The third-order valence-corrected chi connectivity index (χ3v) is 3.38. The first-order chi connectivity index (χ1) is 8.65. The minimum atomic E-state index is 0.473. The number of hydrogen-bond acceptors (Lipinski definition) is 3. The Labute approximate surface area is 117 Å². The van der Waals surface area contributed by atoms with Gasteiger partial charge in [-0.2, -0.15) is 0 Å². The monoisotopic (exact) mass is 322 g/mol. The Hall–Kier alpha value is -1.52. The smallest absolute Gasteiger partial charge is 0.228 e. The molecule has 1 heterocycles. The number of nitrogens with two attached hydrogens (primary N) is 1. The van der Waals surface area contributed by atoms with E-state index in [1.165, 1.54) is 0 Å². The summed E-state index contributed by atoms with van der Waals surface area (Å²) in [5, 5.41) is 0.599. The standard InChI is InChI=1S/C13H8BrClN2O/c14-7-5-10(16)12-11(6-7)17-13(18-12)8-3-1-2-4-9(8)15/h1-6H,16H2. The number of hydrogen-bond donors (Lipinski definition) is 1. The molecule has 90 valence electrons. The topological polar surface area (TPSA) is 52.0 Å². The van der Waals surface area contributed by atoms with E-state index in [2.05, 4.69) is 20.9 Å². The van der Waals surface area contributed by atoms with Gasteiger partial charge in [0.05, 0.1) is 16.3 Å². The van der Waals surface area contributed by atoms with Gasteiger partial charge in [0.1, 0.15) is 5.52 Å². The van der Waals surface area contributed by atoms with Crippen LogP contribution in [0.25, 0.3) is 22.6 Å². The van der Waals surface area contributed by atoms with Crippen LogP contribution in [0.1, 0.15) is 0 Å². The summed E-state index contributed by atoms with van der Waals surface area (Å²) in [7, 11) is 0. The van der Waals surface area contributed by atoms with Crippen LogP contribution in [0.2, 0.25) is 5.02 Å². The largest absolute Gasteiger partial charge is 0.434 e. The van der Waals surface area contributed by atoms with Gasteiger partial charge in [0, 0.05) is 4.47 Å². The summed E-state index contributed by atoms with van der Waals surface area (Å²) in [6.45, 7) is 0. The fourth-order valence-electron chi connectivity index (χ4n) is 1.77. The number of oxazole rings is 1. The van der Waals surface area contributed by atoms with Gasteiger partial charge in [-0.3, -0.25) is 0 Å². The SMILES string of the molecule is Nc1cc(Br)cc2nc(-c3ccccc3Cl)oc12. The molecule has 0 aliphatic heterocycles. The summed E-state index contributed by atoms with van der Waals surface area (Å²) >= 11 is 9.49. The first kappa shape index (κ1) is 11.6. The van der Waals surface area contributed by atoms with Gasteiger partial charge < -0.3 is 10.2 Å². The lowest BCUT2D eigenvalue weighted by molar-refractivity contribution is 0.621. The van der Waals surface area contributed by atoms with Crippen LogP contribution in [0.3, 0.4) is 0 Å². The molecule has 0 aliphatic carbocycles. The lowest BCUT2D eigenvalue weighted by atomic mass is 10.2. The van der Waals surface area contributed by atoms with Crippen LogP contribution in [0.5, 0.6) is 0 Å². The molecule has 3 rings (SSSR count). The third-order valence-electron chi connectivity index (χ3n) is 2.59. The van der Waals surface area contributed by atoms with Gasteiger partial charge in [0.2, 0.25) is 5.89 Å². The molecule has 0 saturated carbocycles. The van der Waals surface area contributed by atoms with Crippen LogP contribution in [0, 0.1) is 0 Å². The lowest BCUT2D eigenvalue weighted by Crippen LogP contribution is -1.84. The lowest BCUT2D eigenvalue weighted by Gasteiger charge is -1.97. The molecule has 2 aromatic carbocycles. The van der Waals surface area contributed by atoms with E-state index in [-0.39, 0.29) is 0 Å². The third kappa shape index (κ3) is 1.87. The van der Waals surface area contributed by atoms with E-state index < -0.39 is 0 Å². The Bertz CT molecular complexity index is 739. The van der Waals surface area contributed by atoms with Crippen molar-refractivity contribution < 1.29 is 4.42 Å². The molecule has 1 aromatic heterocycles. The molecule has 5 heteroatoms. The Morgan fingerprint density at radius 1 is 1.22 bits per heavy atom. The molecule has 0 spiro atoms. The number of benzene rings is 2. The van der Waals surface area contributed by atoms with Crippen molar-refractivity contribution in [1.29, 1.82) is 0 Å². The van der Waals surface area contributed by atoms with E-state index in [0.29, 0.717) is 27.7 Å². The van der Waals surface area contributed by atoms with E-state index in [9.17, 15) is 0 Å². The Kier molecular flexibility index (Phi) is 2.76. The second-order valence-corrected chi connectivity index (χ2v) is 5.17. The number of anilines is 1. The number of halogens is 2. The summed E-state index contributed by atoms with van der Waals surface area (Å²) in [6.07, 6.45) is 0. The summed E-state index contributed by atoms with van der Waals surface area (Å²) in [6, 6.07) is 11.0. The molecular formula is C13H8BrClN2O. The van der Waals surface area contributed by atoms with Crippen LogP contribution in [-0.4, -0.2) is 4.98 Å². The Morgan fingerprint density at radius 3 is 2.78 bits per heavy atom. The molecule has 0 aliphatic rings. The number of aromatic nitrogens is 1. The van der Waals surface area contributed by atoms with Gasteiger partial charge in [0.15, 0.2) is 5.58 Å². The molecule has 0 radical (unpaired) electrons. The van der Waals surface area contributed by atoms with Crippen molar-refractivity contribution >= 4 is 44.3 Å². The maximum atomic E-state index is 6.12. The normalized spacial score (nSPS) is 11.0. The maximum Gasteiger partial charge on any atom is 0.228 e. The van der Waals surface area contributed by atoms with Gasteiger partial charge >= 0.3 is 0 Å². The van der Waals surface area contributed by atoms with Crippen molar-refractivity contribution in [2.75, 3.05) is 5.73 Å². The van der Waals surface area contributed by atoms with E-state index in [1.807, 2.05) is 24.3 Å². The van der Waals surface area contributed by atoms with E-state index in [1.54, 1.807) is 12.1 Å². The van der Waals surface area contributed by atoms with Crippen LogP contribution in [0.15, 0.2) is 45.3 Å². The highest BCUT2D eigenvalue weighted by atomic mass is 79.9. The molecule has 2 N–H and O–H groups in total. The first-order valence-electron chi connectivity index (χ1n) is 5.25. The zero-order chi connectivity index (χ0) is 12.7. The van der Waals surface area contributed by atoms with Crippen LogP contribution in [0.4, 0.5) is 5.69 Å². The van der Waals surface area contributed by atoms with Crippen LogP contribution in [-0.2, 0) is 0 Å². The van der Waals surface area contributed by atoms with Gasteiger partial charge in [-0.25, -0.2) is 4.98 Å². The van der Waals surface area contributed by atoms with Gasteiger partial charge in [0.25, 0.3) is 0 Å². The zero-order valence-electron chi connectivity index (χ0n) is 9.15. The Balaban J connectivity index is 2.26. The summed E-state index contributed by atoms with van der Waals surface area (Å²) < 4.78 is 6.55. The second kappa shape index (κ2) is 4.30. The molecule has 0 atom stereocenters. The molecule has 0 unspecified atom stereocenters. The highest BCUT2D eigenvalue weighted by Crippen LogP contribution is 2.33. The highest BCUT2D eigenvalue weighted by molar-refractivity contribution is 9.10. The molecule has 3 aromatic rings. The van der Waals surface area contributed by atoms with Crippen LogP contribution < -0.4 is 5.73 Å². The summed E-state index contributed by atoms with van der Waals surface area (Å²) in [5.74, 6) is 0.473. The molecular weight excluding hydrogens is 316 g/mol. The number of rotatable bonds is 1. The summed E-state index contributed by atoms with van der Waals surface area (Å²) in [5.41, 5.74) is 8.47. The zero-order valence-corrected chi connectivity index (χ0v) is 11.5. The average Bonchev–Trinajstić information content (AvgIpc) is 2.73. The van der Waals surface area contributed by atoms with Crippen molar-refractivity contribution in [2.24, 2.45) is 0 Å². The molecule has 0 amide bonds. The molecule has 18 heavy (non-hydrogen) atoms. The number of nitrogen functional groups attached to an aromatic ring is 1. The average molecular weight is 324 g/mol. The van der Waals surface area contributed by atoms with Crippen molar-refractivity contribution in [1.82, 2.24) is 4.98 Å². The summed E-state index contributed by atoms with van der Waals surface area (Å²) in [4.78, 5) is 4.40. The van der Waals surface area contributed by atoms with E-state index >= 15 is 0 Å². The minimum absolute atomic E-state index is 0.473. The van der Waals surface area contributed by atoms with Crippen molar-refractivity contribution in [3.05, 3.63) is 45.9 Å². The van der Waals surface area contributed by atoms with E-state index in [0.717, 1.165) is 10.0 Å². The number of nitrogens with zero attached hydrogens (tertiary/aromatic N) is 1. The van der Waals surface area contributed by atoms with Gasteiger partial charge in [-0.05, 0) is 24.3 Å². The molecule has 0 bridgehead atoms. The predicted molar refractivity (Wildman–Crippen MR) is 76.6 cm³/mol.